The molecule has 168 valence electrons. The summed E-state index contributed by atoms with van der Waals surface area (Å²) in [7, 11) is -3.15. The summed E-state index contributed by atoms with van der Waals surface area (Å²) < 4.78 is 28.5. The first-order valence-corrected chi connectivity index (χ1v) is 12.5. The van der Waals surface area contributed by atoms with E-state index < -0.39 is 9.84 Å². The van der Waals surface area contributed by atoms with Crippen LogP contribution in [0.4, 0.5) is 0 Å². The highest BCUT2D eigenvalue weighted by molar-refractivity contribution is 7.89. The zero-order valence-corrected chi connectivity index (χ0v) is 19.0. The minimum Gasteiger partial charge on any atom is -0.338 e. The minimum atomic E-state index is -3.15. The molecule has 1 aliphatic rings. The van der Waals surface area contributed by atoms with Crippen molar-refractivity contribution in [1.29, 1.82) is 0 Å². The van der Waals surface area contributed by atoms with E-state index in [1.54, 1.807) is 29.2 Å². The van der Waals surface area contributed by atoms with Crippen LogP contribution >= 0.6 is 0 Å². The molecule has 0 saturated carbocycles. The van der Waals surface area contributed by atoms with Gasteiger partial charge in [-0.25, -0.2) is 8.42 Å². The van der Waals surface area contributed by atoms with Gasteiger partial charge in [0.15, 0.2) is 9.84 Å². The molecule has 0 bridgehead atoms. The molecule has 8 nitrogen and oxygen atoms in total. The molecule has 3 aromatic rings. The standard InChI is InChI=1S/C23H26N4O4S/c1-17-6-3-4-9-20(17)22-24-21(31-25-22)15-26-10-12-27(13-11-26)23(28)19-8-5-7-18(14-19)16-32(2,29)30/h3-9,14H,10-13,15-16H2,1-2H3. The molecule has 2 aromatic carbocycles. The quantitative estimate of drug-likeness (QED) is 0.565. The summed E-state index contributed by atoms with van der Waals surface area (Å²) in [4.78, 5) is 21.4. The Balaban J connectivity index is 1.34. The molecule has 9 heteroatoms. The van der Waals surface area contributed by atoms with E-state index in [2.05, 4.69) is 15.0 Å². The van der Waals surface area contributed by atoms with E-state index in [1.165, 1.54) is 6.26 Å². The van der Waals surface area contributed by atoms with Crippen LogP contribution in [0.3, 0.4) is 0 Å². The van der Waals surface area contributed by atoms with Gasteiger partial charge in [0.1, 0.15) is 0 Å². The molecule has 2 heterocycles. The Morgan fingerprint density at radius 2 is 1.81 bits per heavy atom. The molecule has 4 rings (SSSR count). The van der Waals surface area contributed by atoms with E-state index in [4.69, 9.17) is 4.52 Å². The average Bonchev–Trinajstić information content (AvgIpc) is 3.21. The fraction of sp³-hybridized carbons (Fsp3) is 0.348. The average molecular weight is 455 g/mol. The monoisotopic (exact) mass is 454 g/mol. The number of piperazine rings is 1. The lowest BCUT2D eigenvalue weighted by Crippen LogP contribution is -2.48. The highest BCUT2D eigenvalue weighted by Crippen LogP contribution is 2.20. The van der Waals surface area contributed by atoms with Crippen molar-refractivity contribution < 1.29 is 17.7 Å². The van der Waals surface area contributed by atoms with Crippen LogP contribution in [0.15, 0.2) is 53.1 Å². The summed E-state index contributed by atoms with van der Waals surface area (Å²) in [6.45, 7) is 5.08. The van der Waals surface area contributed by atoms with Crippen molar-refractivity contribution in [2.45, 2.75) is 19.2 Å². The second-order valence-corrected chi connectivity index (χ2v) is 10.3. The Kier molecular flexibility index (Phi) is 6.38. The van der Waals surface area contributed by atoms with Crippen LogP contribution in [0.1, 0.15) is 27.4 Å². The van der Waals surface area contributed by atoms with Crippen LogP contribution in [0, 0.1) is 6.92 Å². The van der Waals surface area contributed by atoms with Crippen LogP contribution in [0.5, 0.6) is 0 Å². The van der Waals surface area contributed by atoms with Gasteiger partial charge in [0.25, 0.3) is 5.91 Å². The van der Waals surface area contributed by atoms with Crippen molar-refractivity contribution >= 4 is 15.7 Å². The van der Waals surface area contributed by atoms with Crippen molar-refractivity contribution in [1.82, 2.24) is 19.9 Å². The fourth-order valence-electron chi connectivity index (χ4n) is 3.83. The third kappa shape index (κ3) is 5.41. The van der Waals surface area contributed by atoms with E-state index in [0.29, 0.717) is 55.6 Å². The summed E-state index contributed by atoms with van der Waals surface area (Å²) in [5.41, 5.74) is 3.18. The van der Waals surface area contributed by atoms with Crippen LogP contribution in [0.2, 0.25) is 0 Å². The lowest BCUT2D eigenvalue weighted by molar-refractivity contribution is 0.0615. The smallest absolute Gasteiger partial charge is 0.253 e. The van der Waals surface area contributed by atoms with E-state index >= 15 is 0 Å². The zero-order valence-electron chi connectivity index (χ0n) is 18.2. The highest BCUT2D eigenvalue weighted by Gasteiger charge is 2.24. The normalized spacial score (nSPS) is 15.1. The molecule has 1 aliphatic heterocycles. The van der Waals surface area contributed by atoms with Gasteiger partial charge in [-0.1, -0.05) is 41.6 Å². The van der Waals surface area contributed by atoms with E-state index in [9.17, 15) is 13.2 Å². The first-order valence-electron chi connectivity index (χ1n) is 10.5. The van der Waals surface area contributed by atoms with Crippen molar-refractivity contribution in [3.63, 3.8) is 0 Å². The van der Waals surface area contributed by atoms with E-state index in [0.717, 1.165) is 11.1 Å². The summed E-state index contributed by atoms with van der Waals surface area (Å²) in [6, 6.07) is 14.8. The summed E-state index contributed by atoms with van der Waals surface area (Å²) >= 11 is 0. The van der Waals surface area contributed by atoms with Crippen LogP contribution in [0.25, 0.3) is 11.4 Å². The SMILES string of the molecule is Cc1ccccc1-c1noc(CN2CCN(C(=O)c3cccc(CS(C)(=O)=O)c3)CC2)n1. The molecular formula is C23H26N4O4S. The maximum atomic E-state index is 12.9. The van der Waals surface area contributed by atoms with E-state index in [-0.39, 0.29) is 11.7 Å². The number of hydrogen-bond acceptors (Lipinski definition) is 7. The molecule has 0 aliphatic carbocycles. The van der Waals surface area contributed by atoms with Gasteiger partial charge in [0.05, 0.1) is 12.3 Å². The van der Waals surface area contributed by atoms with Gasteiger partial charge in [-0.15, -0.1) is 0 Å². The van der Waals surface area contributed by atoms with Gasteiger partial charge in [0.2, 0.25) is 11.7 Å². The predicted octanol–water partition coefficient (Wildman–Crippen LogP) is 2.55. The first-order chi connectivity index (χ1) is 15.3. The van der Waals surface area contributed by atoms with Gasteiger partial charge in [-0.05, 0) is 30.2 Å². The Morgan fingerprint density at radius 1 is 1.06 bits per heavy atom. The zero-order chi connectivity index (χ0) is 22.7. The number of nitrogens with zero attached hydrogens (tertiary/aromatic N) is 4. The Labute approximate surface area is 187 Å². The maximum Gasteiger partial charge on any atom is 0.253 e. The van der Waals surface area contributed by atoms with Gasteiger partial charge >= 0.3 is 0 Å². The Bertz CT molecular complexity index is 1210. The second-order valence-electron chi connectivity index (χ2n) is 8.17. The largest absolute Gasteiger partial charge is 0.338 e. The number of sulfone groups is 1. The molecule has 1 fully saturated rings. The number of rotatable bonds is 6. The fourth-order valence-corrected chi connectivity index (χ4v) is 4.62. The second kappa shape index (κ2) is 9.22. The van der Waals surface area contributed by atoms with E-state index in [1.807, 2.05) is 31.2 Å². The third-order valence-electron chi connectivity index (χ3n) is 5.48. The van der Waals surface area contributed by atoms with Gasteiger partial charge in [-0.3, -0.25) is 9.69 Å². The lowest BCUT2D eigenvalue weighted by atomic mass is 10.1. The molecule has 1 amide bonds. The molecule has 32 heavy (non-hydrogen) atoms. The molecule has 1 aromatic heterocycles. The topological polar surface area (TPSA) is 96.6 Å². The summed E-state index contributed by atoms with van der Waals surface area (Å²) in [5.74, 6) is 0.980. The minimum absolute atomic E-state index is 0.0728. The number of aryl methyl sites for hydroxylation is 1. The van der Waals surface area contributed by atoms with Gasteiger partial charge in [0, 0.05) is 43.6 Å². The van der Waals surface area contributed by atoms with Crippen molar-refractivity contribution in [2.75, 3.05) is 32.4 Å². The number of carbonyl (C=O) groups excluding carboxylic acids is 1. The Hall–Kier alpha value is -3.04. The van der Waals surface area contributed by atoms with Gasteiger partial charge in [-0.2, -0.15) is 4.98 Å². The molecule has 1 saturated heterocycles. The predicted molar refractivity (Wildman–Crippen MR) is 121 cm³/mol. The van der Waals surface area contributed by atoms with Crippen molar-refractivity contribution in [3.8, 4) is 11.4 Å². The van der Waals surface area contributed by atoms with Crippen LogP contribution in [-0.2, 0) is 22.1 Å². The van der Waals surface area contributed by atoms with Gasteiger partial charge < -0.3 is 9.42 Å². The molecule has 0 atom stereocenters. The number of aromatic nitrogens is 2. The summed E-state index contributed by atoms with van der Waals surface area (Å²) in [6.07, 6.45) is 1.19. The number of benzene rings is 2. The molecule has 0 N–H and O–H groups in total. The third-order valence-corrected chi connectivity index (χ3v) is 6.33. The van der Waals surface area contributed by atoms with Crippen molar-refractivity contribution in [3.05, 3.63) is 71.1 Å². The van der Waals surface area contributed by atoms with Crippen LogP contribution < -0.4 is 0 Å². The summed E-state index contributed by atoms with van der Waals surface area (Å²) in [5, 5.41) is 4.11. The van der Waals surface area contributed by atoms with Crippen molar-refractivity contribution in [2.24, 2.45) is 0 Å². The Morgan fingerprint density at radius 3 is 2.53 bits per heavy atom. The van der Waals surface area contributed by atoms with Crippen LogP contribution in [-0.4, -0.2) is 66.7 Å². The molecular weight excluding hydrogens is 428 g/mol. The number of amides is 1. The lowest BCUT2D eigenvalue weighted by Gasteiger charge is -2.34. The molecule has 0 spiro atoms. The number of carbonyl (C=O) groups is 1. The molecule has 0 radical (unpaired) electrons. The highest BCUT2D eigenvalue weighted by atomic mass is 32.2. The molecule has 0 unspecified atom stereocenters. The maximum absolute atomic E-state index is 12.9. The first kappa shape index (κ1) is 22.2. The number of hydrogen-bond donors (Lipinski definition) is 0.